The molecule has 1 atom stereocenters. The molecule has 32 heavy (non-hydrogen) atoms. The van der Waals surface area contributed by atoms with Crippen LogP contribution in [0, 0.1) is 0 Å². The van der Waals surface area contributed by atoms with Gasteiger partial charge in [-0.05, 0) is 48.4 Å². The Hall–Kier alpha value is -3.41. The minimum Gasteiger partial charge on any atom is -0.343 e. The summed E-state index contributed by atoms with van der Waals surface area (Å²) in [6.07, 6.45) is 5.58. The maximum absolute atomic E-state index is 13.5. The number of carbonyl (C=O) groups excluding carboxylic acids is 1. The molecule has 1 aliphatic carbocycles. The Bertz CT molecular complexity index is 1310. The van der Waals surface area contributed by atoms with Gasteiger partial charge in [0.25, 0.3) is 5.56 Å². The third-order valence-corrected chi connectivity index (χ3v) is 7.04. The van der Waals surface area contributed by atoms with Crippen molar-refractivity contribution in [2.45, 2.75) is 44.4 Å². The number of carbonyl (C=O) groups is 1. The van der Waals surface area contributed by atoms with Gasteiger partial charge in [-0.1, -0.05) is 42.5 Å². The van der Waals surface area contributed by atoms with E-state index in [2.05, 4.69) is 33.4 Å². The molecule has 0 spiro atoms. The lowest BCUT2D eigenvalue weighted by Gasteiger charge is -2.34. The predicted molar refractivity (Wildman–Crippen MR) is 126 cm³/mol. The number of piperidine rings is 1. The molecular formula is C26H26N4O2. The number of hydrogen-bond acceptors (Lipinski definition) is 5. The Morgan fingerprint density at radius 1 is 0.906 bits per heavy atom. The molecule has 2 aliphatic heterocycles. The number of rotatable bonds is 2. The van der Waals surface area contributed by atoms with E-state index < -0.39 is 5.92 Å². The second-order valence-corrected chi connectivity index (χ2v) is 8.99. The van der Waals surface area contributed by atoms with Crippen LogP contribution >= 0.6 is 0 Å². The predicted octanol–water partition coefficient (Wildman–Crippen LogP) is 4.48. The summed E-state index contributed by atoms with van der Waals surface area (Å²) in [4.78, 5) is 36.8. The van der Waals surface area contributed by atoms with E-state index in [9.17, 15) is 9.59 Å². The largest absolute Gasteiger partial charge is 0.343 e. The van der Waals surface area contributed by atoms with E-state index >= 15 is 0 Å². The zero-order valence-electron chi connectivity index (χ0n) is 18.0. The second kappa shape index (κ2) is 7.62. The van der Waals surface area contributed by atoms with Crippen LogP contribution < -0.4 is 15.8 Å². The van der Waals surface area contributed by atoms with Crippen LogP contribution in [-0.2, 0) is 4.79 Å². The summed E-state index contributed by atoms with van der Waals surface area (Å²) in [6, 6.07) is 14.3. The molecule has 3 heterocycles. The third kappa shape index (κ3) is 3.05. The van der Waals surface area contributed by atoms with Gasteiger partial charge in [-0.25, -0.2) is 0 Å². The highest BCUT2D eigenvalue weighted by Gasteiger charge is 2.38. The van der Waals surface area contributed by atoms with Crippen molar-refractivity contribution in [3.8, 4) is 0 Å². The van der Waals surface area contributed by atoms with Crippen molar-refractivity contribution < 1.29 is 4.79 Å². The Labute approximate surface area is 186 Å². The zero-order chi connectivity index (χ0) is 21.7. The number of Topliss-reactive ketones (excluding diaryl/α,β-unsaturated/α-hetero) is 1. The first-order chi connectivity index (χ1) is 15.7. The van der Waals surface area contributed by atoms with Crippen LogP contribution in [0.15, 0.2) is 58.5 Å². The van der Waals surface area contributed by atoms with Crippen molar-refractivity contribution in [2.75, 3.05) is 23.3 Å². The Morgan fingerprint density at radius 3 is 2.59 bits per heavy atom. The molecule has 1 unspecified atom stereocenters. The van der Waals surface area contributed by atoms with Crippen molar-refractivity contribution in [1.29, 1.82) is 0 Å². The molecule has 3 aromatic rings. The highest BCUT2D eigenvalue weighted by Crippen LogP contribution is 2.45. The van der Waals surface area contributed by atoms with Crippen molar-refractivity contribution in [1.82, 2.24) is 9.97 Å². The number of fused-ring (bicyclic) bond motifs is 2. The summed E-state index contributed by atoms with van der Waals surface area (Å²) >= 11 is 0. The summed E-state index contributed by atoms with van der Waals surface area (Å²) in [5.41, 5.74) is 3.04. The number of nitrogens with zero attached hydrogens (tertiary/aromatic N) is 2. The van der Waals surface area contributed by atoms with Gasteiger partial charge in [-0.15, -0.1) is 0 Å². The van der Waals surface area contributed by atoms with E-state index in [1.165, 1.54) is 6.42 Å². The van der Waals surface area contributed by atoms with Gasteiger partial charge in [0.1, 0.15) is 5.82 Å². The van der Waals surface area contributed by atoms with Gasteiger partial charge in [0.2, 0.25) is 5.95 Å². The van der Waals surface area contributed by atoms with E-state index in [1.54, 1.807) is 0 Å². The van der Waals surface area contributed by atoms with Crippen molar-refractivity contribution in [2.24, 2.45) is 0 Å². The van der Waals surface area contributed by atoms with Gasteiger partial charge in [-0.2, -0.15) is 4.98 Å². The second-order valence-electron chi connectivity index (χ2n) is 8.99. The number of ketones is 1. The first kappa shape index (κ1) is 19.3. The van der Waals surface area contributed by atoms with Gasteiger partial charge in [0, 0.05) is 36.7 Å². The van der Waals surface area contributed by atoms with Crippen LogP contribution in [0.3, 0.4) is 0 Å². The fraction of sp³-hybridized carbons (Fsp3) is 0.346. The van der Waals surface area contributed by atoms with Crippen molar-refractivity contribution in [3.05, 3.63) is 75.2 Å². The average Bonchev–Trinajstić information content (AvgIpc) is 2.83. The number of aromatic amines is 1. The molecule has 2 aromatic carbocycles. The molecule has 6 heteroatoms. The number of allylic oxidation sites excluding steroid dienone is 2. The fourth-order valence-corrected chi connectivity index (χ4v) is 5.52. The monoisotopic (exact) mass is 426 g/mol. The first-order valence-corrected chi connectivity index (χ1v) is 11.6. The SMILES string of the molecule is O=C1CCCC2=C1C(c1cccc3ccccc13)c1c(nc(N3CCCCC3)[nH]c1=O)N2. The molecule has 1 saturated heterocycles. The number of aromatic nitrogens is 2. The maximum Gasteiger partial charge on any atom is 0.258 e. The zero-order valence-corrected chi connectivity index (χ0v) is 18.0. The number of benzene rings is 2. The number of nitrogens with one attached hydrogen (secondary N) is 2. The standard InChI is InChI=1S/C26H26N4O2/c31-20-13-7-12-19-22(20)21(18-11-6-9-16-8-2-3-10-17(16)18)23-24(27-19)28-26(29-25(23)32)30-14-4-1-5-15-30/h2-3,6,8-11,21H,1,4-5,7,12-15H2,(H2,27,28,29,32). The quantitative estimate of drug-likeness (QED) is 0.632. The Balaban J connectivity index is 1.58. The smallest absolute Gasteiger partial charge is 0.258 e. The van der Waals surface area contributed by atoms with E-state index in [4.69, 9.17) is 4.98 Å². The first-order valence-electron chi connectivity index (χ1n) is 11.6. The lowest BCUT2D eigenvalue weighted by molar-refractivity contribution is -0.116. The summed E-state index contributed by atoms with van der Waals surface area (Å²) in [6.45, 7) is 1.81. The minimum atomic E-state index is -0.410. The van der Waals surface area contributed by atoms with Crippen LogP contribution in [0.1, 0.15) is 55.6 Å². The molecule has 1 aromatic heterocycles. The summed E-state index contributed by atoms with van der Waals surface area (Å²) in [5, 5.41) is 5.57. The van der Waals surface area contributed by atoms with E-state index in [-0.39, 0.29) is 11.3 Å². The van der Waals surface area contributed by atoms with Crippen LogP contribution in [0.4, 0.5) is 11.8 Å². The third-order valence-electron chi connectivity index (χ3n) is 7.04. The molecule has 3 aliphatic rings. The van der Waals surface area contributed by atoms with Crippen molar-refractivity contribution in [3.63, 3.8) is 0 Å². The van der Waals surface area contributed by atoms with Crippen LogP contribution in [-0.4, -0.2) is 28.8 Å². The molecule has 0 radical (unpaired) electrons. The number of anilines is 2. The molecule has 6 nitrogen and oxygen atoms in total. The minimum absolute atomic E-state index is 0.127. The molecule has 1 fully saturated rings. The highest BCUT2D eigenvalue weighted by molar-refractivity contribution is 6.02. The summed E-state index contributed by atoms with van der Waals surface area (Å²) in [5.74, 6) is 0.943. The molecule has 162 valence electrons. The number of H-pyrrole nitrogens is 1. The van der Waals surface area contributed by atoms with E-state index in [1.807, 2.05) is 24.3 Å². The van der Waals surface area contributed by atoms with Crippen LogP contribution in [0.2, 0.25) is 0 Å². The number of hydrogen-bond donors (Lipinski definition) is 2. The fourth-order valence-electron chi connectivity index (χ4n) is 5.52. The van der Waals surface area contributed by atoms with Gasteiger partial charge in [0.15, 0.2) is 5.78 Å². The molecule has 6 rings (SSSR count). The van der Waals surface area contributed by atoms with Gasteiger partial charge >= 0.3 is 0 Å². The Morgan fingerprint density at radius 2 is 1.72 bits per heavy atom. The molecule has 2 N–H and O–H groups in total. The maximum atomic E-state index is 13.5. The average molecular weight is 427 g/mol. The molecule has 0 amide bonds. The van der Waals surface area contributed by atoms with E-state index in [0.29, 0.717) is 23.8 Å². The van der Waals surface area contributed by atoms with Gasteiger partial charge < -0.3 is 10.2 Å². The van der Waals surface area contributed by atoms with Gasteiger partial charge in [-0.3, -0.25) is 14.6 Å². The van der Waals surface area contributed by atoms with Gasteiger partial charge in [0.05, 0.1) is 5.56 Å². The highest BCUT2D eigenvalue weighted by atomic mass is 16.1. The van der Waals surface area contributed by atoms with E-state index in [0.717, 1.165) is 66.4 Å². The normalized spacial score (nSPS) is 20.7. The summed E-state index contributed by atoms with van der Waals surface area (Å²) < 4.78 is 0. The van der Waals surface area contributed by atoms with Crippen LogP contribution in [0.25, 0.3) is 10.8 Å². The lowest BCUT2D eigenvalue weighted by Crippen LogP contribution is -2.36. The lowest BCUT2D eigenvalue weighted by atomic mass is 9.75. The molecule has 0 bridgehead atoms. The molecular weight excluding hydrogens is 400 g/mol. The van der Waals surface area contributed by atoms with Crippen molar-refractivity contribution >= 4 is 28.3 Å². The topological polar surface area (TPSA) is 78.1 Å². The Kier molecular flexibility index (Phi) is 4.59. The summed E-state index contributed by atoms with van der Waals surface area (Å²) in [7, 11) is 0. The van der Waals surface area contributed by atoms with Crippen LogP contribution in [0.5, 0.6) is 0 Å². The molecule has 0 saturated carbocycles.